The summed E-state index contributed by atoms with van der Waals surface area (Å²) >= 11 is 0. The van der Waals surface area contributed by atoms with Crippen LogP contribution in [0.25, 0.3) is 0 Å². The van der Waals surface area contributed by atoms with E-state index in [0.29, 0.717) is 6.54 Å². The molecule has 0 aromatic heterocycles. The van der Waals surface area contributed by atoms with E-state index >= 15 is 0 Å². The van der Waals surface area contributed by atoms with Gasteiger partial charge in [0.05, 0.1) is 12.6 Å². The second-order valence-corrected chi connectivity index (χ2v) is 5.28. The van der Waals surface area contributed by atoms with Crippen LogP contribution in [0.2, 0.25) is 0 Å². The first kappa shape index (κ1) is 19.5. The fourth-order valence-corrected chi connectivity index (χ4v) is 1.51. The van der Waals surface area contributed by atoms with Crippen molar-refractivity contribution in [3.63, 3.8) is 0 Å². The van der Waals surface area contributed by atoms with Crippen molar-refractivity contribution in [2.75, 3.05) is 13.1 Å². The van der Waals surface area contributed by atoms with Crippen LogP contribution in [0.4, 0.5) is 0 Å². The number of carboxylic acid groups (broad SMARTS) is 1. The van der Waals surface area contributed by atoms with Crippen molar-refractivity contribution in [2.24, 2.45) is 0 Å². The normalized spacial score (nSPS) is 12.8. The van der Waals surface area contributed by atoms with E-state index in [2.05, 4.69) is 5.32 Å². The summed E-state index contributed by atoms with van der Waals surface area (Å²) in [5, 5.41) is 11.7. The fourth-order valence-electron chi connectivity index (χ4n) is 1.51. The number of nitrogens with one attached hydrogen (secondary N) is 1. The average Bonchev–Trinajstić information content (AvgIpc) is 2.12. The highest BCUT2D eigenvalue weighted by Crippen LogP contribution is 2.05. The van der Waals surface area contributed by atoms with Crippen LogP contribution in [0, 0.1) is 0 Å². The van der Waals surface area contributed by atoms with Gasteiger partial charge in [-0.25, -0.2) is 0 Å². The SMILES string of the molecule is CCCN(CC(=O)O)C(C)C(=O)NC(C)(C)C.Cl. The Labute approximate surface area is 115 Å². The maximum absolute atomic E-state index is 11.9. The zero-order valence-electron chi connectivity index (χ0n) is 11.8. The van der Waals surface area contributed by atoms with Crippen molar-refractivity contribution in [3.05, 3.63) is 0 Å². The lowest BCUT2D eigenvalue weighted by molar-refractivity contribution is -0.140. The first-order valence-electron chi connectivity index (χ1n) is 5.95. The van der Waals surface area contributed by atoms with Crippen LogP contribution in [0.3, 0.4) is 0 Å². The van der Waals surface area contributed by atoms with Gasteiger partial charge in [0.25, 0.3) is 0 Å². The number of carbonyl (C=O) groups excluding carboxylic acids is 1. The van der Waals surface area contributed by atoms with E-state index in [-0.39, 0.29) is 30.4 Å². The number of aliphatic carboxylic acids is 1. The molecule has 1 atom stereocenters. The lowest BCUT2D eigenvalue weighted by Gasteiger charge is -2.29. The highest BCUT2D eigenvalue weighted by Gasteiger charge is 2.25. The fraction of sp³-hybridized carbons (Fsp3) is 0.833. The number of carbonyl (C=O) groups is 2. The molecule has 5 nitrogen and oxygen atoms in total. The molecule has 0 rings (SSSR count). The Morgan fingerprint density at radius 2 is 1.83 bits per heavy atom. The summed E-state index contributed by atoms with van der Waals surface area (Å²) in [7, 11) is 0. The second kappa shape index (κ2) is 8.32. The van der Waals surface area contributed by atoms with Crippen LogP contribution >= 0.6 is 12.4 Å². The monoisotopic (exact) mass is 280 g/mol. The van der Waals surface area contributed by atoms with Crippen LogP contribution in [-0.2, 0) is 9.59 Å². The summed E-state index contributed by atoms with van der Waals surface area (Å²) in [5.41, 5.74) is -0.299. The molecular weight excluding hydrogens is 256 g/mol. The third kappa shape index (κ3) is 8.31. The Balaban J connectivity index is 0. The van der Waals surface area contributed by atoms with Gasteiger partial charge in [-0.3, -0.25) is 14.5 Å². The molecule has 18 heavy (non-hydrogen) atoms. The Morgan fingerprint density at radius 1 is 1.33 bits per heavy atom. The number of nitrogens with zero attached hydrogens (tertiary/aromatic N) is 1. The van der Waals surface area contributed by atoms with Gasteiger partial charge in [0.1, 0.15) is 0 Å². The van der Waals surface area contributed by atoms with E-state index in [1.165, 1.54) is 0 Å². The van der Waals surface area contributed by atoms with Crippen LogP contribution in [0.5, 0.6) is 0 Å². The van der Waals surface area contributed by atoms with E-state index in [1.807, 2.05) is 27.7 Å². The van der Waals surface area contributed by atoms with Gasteiger partial charge in [0.15, 0.2) is 0 Å². The minimum absolute atomic E-state index is 0. The summed E-state index contributed by atoms with van der Waals surface area (Å²) in [6, 6.07) is -0.426. The molecule has 0 aromatic rings. The molecule has 0 bridgehead atoms. The maximum Gasteiger partial charge on any atom is 0.317 e. The lowest BCUT2D eigenvalue weighted by Crippen LogP contribution is -2.52. The summed E-state index contributed by atoms with van der Waals surface area (Å²) in [6.07, 6.45) is 0.820. The molecule has 0 saturated heterocycles. The van der Waals surface area contributed by atoms with Gasteiger partial charge in [0.2, 0.25) is 5.91 Å². The largest absolute Gasteiger partial charge is 0.480 e. The van der Waals surface area contributed by atoms with Crippen molar-refractivity contribution >= 4 is 24.3 Å². The van der Waals surface area contributed by atoms with Crippen molar-refractivity contribution in [3.8, 4) is 0 Å². The summed E-state index contributed by atoms with van der Waals surface area (Å²) in [6.45, 7) is 9.90. The van der Waals surface area contributed by atoms with Crippen molar-refractivity contribution < 1.29 is 14.7 Å². The number of hydrogen-bond donors (Lipinski definition) is 2. The third-order valence-corrected chi connectivity index (χ3v) is 2.27. The Hall–Kier alpha value is -0.810. The molecule has 1 amide bonds. The Bertz CT molecular complexity index is 277. The number of carboxylic acids is 1. The molecule has 1 unspecified atom stereocenters. The van der Waals surface area contributed by atoms with Gasteiger partial charge < -0.3 is 10.4 Å². The molecule has 0 saturated carbocycles. The minimum Gasteiger partial charge on any atom is -0.480 e. The van der Waals surface area contributed by atoms with Crippen molar-refractivity contribution in [1.29, 1.82) is 0 Å². The number of amides is 1. The molecule has 0 aliphatic rings. The van der Waals surface area contributed by atoms with E-state index in [9.17, 15) is 9.59 Å². The first-order valence-corrected chi connectivity index (χ1v) is 5.95. The van der Waals surface area contributed by atoms with Crippen LogP contribution in [-0.4, -0.2) is 46.6 Å². The molecular formula is C12H25ClN2O3. The van der Waals surface area contributed by atoms with Crippen LogP contribution in [0.1, 0.15) is 41.0 Å². The Kier molecular flexibility index (Phi) is 9.03. The molecule has 0 aliphatic heterocycles. The molecule has 0 radical (unpaired) electrons. The van der Waals surface area contributed by atoms with Gasteiger partial charge in [-0.05, 0) is 40.7 Å². The van der Waals surface area contributed by atoms with Crippen LogP contribution < -0.4 is 5.32 Å². The molecule has 6 heteroatoms. The van der Waals surface area contributed by atoms with Crippen LogP contribution in [0.15, 0.2) is 0 Å². The molecule has 0 aliphatic carbocycles. The Morgan fingerprint density at radius 3 is 2.17 bits per heavy atom. The third-order valence-electron chi connectivity index (χ3n) is 2.27. The molecule has 0 aromatic carbocycles. The maximum atomic E-state index is 11.9. The molecule has 2 N–H and O–H groups in total. The van der Waals surface area contributed by atoms with Gasteiger partial charge in [-0.15, -0.1) is 12.4 Å². The zero-order chi connectivity index (χ0) is 13.6. The minimum atomic E-state index is -0.908. The van der Waals surface area contributed by atoms with Gasteiger partial charge in [-0.1, -0.05) is 6.92 Å². The highest BCUT2D eigenvalue weighted by atomic mass is 35.5. The summed E-state index contributed by atoms with van der Waals surface area (Å²) in [4.78, 5) is 24.3. The number of halogens is 1. The van der Waals surface area contributed by atoms with Gasteiger partial charge in [0, 0.05) is 5.54 Å². The lowest BCUT2D eigenvalue weighted by atomic mass is 10.1. The number of rotatable bonds is 6. The second-order valence-electron chi connectivity index (χ2n) is 5.28. The molecule has 0 spiro atoms. The highest BCUT2D eigenvalue weighted by molar-refractivity contribution is 5.85. The average molecular weight is 281 g/mol. The zero-order valence-corrected chi connectivity index (χ0v) is 12.6. The molecule has 108 valence electrons. The smallest absolute Gasteiger partial charge is 0.317 e. The van der Waals surface area contributed by atoms with Crippen molar-refractivity contribution in [1.82, 2.24) is 10.2 Å². The molecule has 0 heterocycles. The van der Waals surface area contributed by atoms with Gasteiger partial charge in [-0.2, -0.15) is 0 Å². The topological polar surface area (TPSA) is 69.6 Å². The van der Waals surface area contributed by atoms with E-state index < -0.39 is 12.0 Å². The van der Waals surface area contributed by atoms with Gasteiger partial charge >= 0.3 is 5.97 Å². The first-order chi connectivity index (χ1) is 7.67. The standard InChI is InChI=1S/C12H24N2O3.ClH/c1-6-7-14(8-10(15)16)9(2)11(17)13-12(3,4)5;/h9H,6-8H2,1-5H3,(H,13,17)(H,15,16);1H. The summed E-state index contributed by atoms with van der Waals surface area (Å²) < 4.78 is 0. The number of hydrogen-bond acceptors (Lipinski definition) is 3. The quantitative estimate of drug-likeness (QED) is 0.774. The van der Waals surface area contributed by atoms with E-state index in [4.69, 9.17) is 5.11 Å². The molecule has 0 fully saturated rings. The van der Waals surface area contributed by atoms with Crippen molar-refractivity contribution in [2.45, 2.75) is 52.6 Å². The predicted molar refractivity (Wildman–Crippen MR) is 74.1 cm³/mol. The van der Waals surface area contributed by atoms with E-state index in [0.717, 1.165) is 6.42 Å². The predicted octanol–water partition coefficient (Wildman–Crippen LogP) is 1.51. The van der Waals surface area contributed by atoms with E-state index in [1.54, 1.807) is 11.8 Å². The summed E-state index contributed by atoms with van der Waals surface area (Å²) in [5.74, 6) is -1.04.